The van der Waals surface area contributed by atoms with Crippen LogP contribution in [0.5, 0.6) is 5.75 Å². The summed E-state index contributed by atoms with van der Waals surface area (Å²) in [7, 11) is 1.56. The summed E-state index contributed by atoms with van der Waals surface area (Å²) in [5.41, 5.74) is 1.64. The average molecular weight is 331 g/mol. The SMILES string of the molecule is COc1ccc(Br)c(C2C(=O)c3ccccc3C2=O)c1. The van der Waals surface area contributed by atoms with Gasteiger partial charge < -0.3 is 4.74 Å². The number of hydrogen-bond donors (Lipinski definition) is 0. The zero-order valence-electron chi connectivity index (χ0n) is 10.7. The molecule has 3 rings (SSSR count). The predicted octanol–water partition coefficient (Wildman–Crippen LogP) is 3.62. The molecule has 3 nitrogen and oxygen atoms in total. The van der Waals surface area contributed by atoms with Crippen LogP contribution in [0.2, 0.25) is 0 Å². The zero-order valence-corrected chi connectivity index (χ0v) is 12.3. The first kappa shape index (κ1) is 13.1. The highest BCUT2D eigenvalue weighted by Crippen LogP contribution is 2.38. The Balaban J connectivity index is 2.14. The zero-order chi connectivity index (χ0) is 14.3. The summed E-state index contributed by atoms with van der Waals surface area (Å²) in [6.07, 6.45) is 0. The van der Waals surface area contributed by atoms with Crippen LogP contribution >= 0.6 is 15.9 Å². The fourth-order valence-corrected chi connectivity index (χ4v) is 2.97. The topological polar surface area (TPSA) is 43.4 Å². The molecule has 0 aliphatic heterocycles. The molecular formula is C16H11BrO3. The molecule has 0 saturated heterocycles. The maximum atomic E-state index is 12.5. The van der Waals surface area contributed by atoms with E-state index < -0.39 is 5.92 Å². The van der Waals surface area contributed by atoms with E-state index in [9.17, 15) is 9.59 Å². The third-order valence-corrected chi connectivity index (χ3v) is 4.22. The van der Waals surface area contributed by atoms with E-state index in [1.165, 1.54) is 0 Å². The maximum absolute atomic E-state index is 12.5. The van der Waals surface area contributed by atoms with Crippen LogP contribution in [-0.2, 0) is 0 Å². The van der Waals surface area contributed by atoms with Crippen molar-refractivity contribution in [1.82, 2.24) is 0 Å². The largest absolute Gasteiger partial charge is 0.497 e. The summed E-state index contributed by atoms with van der Waals surface area (Å²) in [6.45, 7) is 0. The van der Waals surface area contributed by atoms with Gasteiger partial charge in [0, 0.05) is 15.6 Å². The van der Waals surface area contributed by atoms with Gasteiger partial charge in [0.2, 0.25) is 0 Å². The first-order chi connectivity index (χ1) is 9.63. The van der Waals surface area contributed by atoms with E-state index in [0.717, 1.165) is 4.47 Å². The maximum Gasteiger partial charge on any atom is 0.178 e. The Morgan fingerprint density at radius 3 is 2.15 bits per heavy atom. The van der Waals surface area contributed by atoms with Crippen molar-refractivity contribution < 1.29 is 14.3 Å². The van der Waals surface area contributed by atoms with E-state index in [1.807, 2.05) is 0 Å². The molecule has 20 heavy (non-hydrogen) atoms. The molecule has 1 aliphatic carbocycles. The Kier molecular flexibility index (Phi) is 3.18. The first-order valence-corrected chi connectivity index (χ1v) is 6.93. The van der Waals surface area contributed by atoms with Crippen LogP contribution in [0.15, 0.2) is 46.9 Å². The Bertz CT molecular complexity index is 686. The van der Waals surface area contributed by atoms with E-state index in [2.05, 4.69) is 15.9 Å². The molecule has 2 aromatic carbocycles. The minimum atomic E-state index is -0.781. The molecule has 0 N–H and O–H groups in total. The van der Waals surface area contributed by atoms with Crippen molar-refractivity contribution in [3.05, 3.63) is 63.6 Å². The highest BCUT2D eigenvalue weighted by molar-refractivity contribution is 9.10. The van der Waals surface area contributed by atoms with Gasteiger partial charge in [-0.15, -0.1) is 0 Å². The number of ether oxygens (including phenoxy) is 1. The van der Waals surface area contributed by atoms with E-state index in [1.54, 1.807) is 49.6 Å². The Labute approximate surface area is 124 Å². The molecule has 0 spiro atoms. The lowest BCUT2D eigenvalue weighted by Gasteiger charge is -2.11. The highest BCUT2D eigenvalue weighted by Gasteiger charge is 2.40. The van der Waals surface area contributed by atoms with Gasteiger partial charge in [0.15, 0.2) is 11.6 Å². The third kappa shape index (κ3) is 1.88. The number of methoxy groups -OCH3 is 1. The number of fused-ring (bicyclic) bond motifs is 1. The lowest BCUT2D eigenvalue weighted by molar-refractivity contribution is 0.0889. The van der Waals surface area contributed by atoms with Crippen LogP contribution < -0.4 is 4.74 Å². The molecule has 0 radical (unpaired) electrons. The standard InChI is InChI=1S/C16H11BrO3/c1-20-9-6-7-13(17)12(8-9)14-15(18)10-4-2-3-5-11(10)16(14)19/h2-8,14H,1H3. The molecule has 0 fully saturated rings. The van der Waals surface area contributed by atoms with Crippen molar-refractivity contribution >= 4 is 27.5 Å². The molecular weight excluding hydrogens is 320 g/mol. The van der Waals surface area contributed by atoms with Crippen LogP contribution in [0.4, 0.5) is 0 Å². The molecule has 100 valence electrons. The molecule has 0 bridgehead atoms. The quantitative estimate of drug-likeness (QED) is 0.790. The number of ketones is 2. The number of hydrogen-bond acceptors (Lipinski definition) is 3. The second-order valence-electron chi connectivity index (χ2n) is 4.59. The normalized spacial score (nSPS) is 14.5. The highest BCUT2D eigenvalue weighted by atomic mass is 79.9. The van der Waals surface area contributed by atoms with Gasteiger partial charge in [0.1, 0.15) is 11.7 Å². The van der Waals surface area contributed by atoms with Crippen molar-refractivity contribution in [3.8, 4) is 5.75 Å². The summed E-state index contributed by atoms with van der Waals surface area (Å²) in [6, 6.07) is 12.2. The van der Waals surface area contributed by atoms with Gasteiger partial charge in [-0.05, 0) is 23.8 Å². The smallest absolute Gasteiger partial charge is 0.178 e. The summed E-state index contributed by atoms with van der Waals surface area (Å²) < 4.78 is 5.91. The summed E-state index contributed by atoms with van der Waals surface area (Å²) in [5, 5.41) is 0. The summed E-state index contributed by atoms with van der Waals surface area (Å²) in [4.78, 5) is 25.0. The van der Waals surface area contributed by atoms with Crippen LogP contribution in [0.25, 0.3) is 0 Å². The Morgan fingerprint density at radius 1 is 1.00 bits per heavy atom. The molecule has 1 aliphatic rings. The minimum Gasteiger partial charge on any atom is -0.497 e. The van der Waals surface area contributed by atoms with Crippen molar-refractivity contribution in [1.29, 1.82) is 0 Å². The number of rotatable bonds is 2. The van der Waals surface area contributed by atoms with Crippen LogP contribution in [-0.4, -0.2) is 18.7 Å². The average Bonchev–Trinajstić information content (AvgIpc) is 2.72. The van der Waals surface area contributed by atoms with Crippen molar-refractivity contribution in [2.75, 3.05) is 7.11 Å². The monoisotopic (exact) mass is 330 g/mol. The fraction of sp³-hybridized carbons (Fsp3) is 0.125. The molecule has 0 heterocycles. The second-order valence-corrected chi connectivity index (χ2v) is 5.45. The molecule has 4 heteroatoms. The van der Waals surface area contributed by atoms with E-state index in [-0.39, 0.29) is 11.6 Å². The summed E-state index contributed by atoms with van der Waals surface area (Å²) in [5.74, 6) is -0.462. The molecule has 0 aromatic heterocycles. The second kappa shape index (κ2) is 4.87. The van der Waals surface area contributed by atoms with Gasteiger partial charge in [0.05, 0.1) is 7.11 Å². The molecule has 0 saturated carbocycles. The van der Waals surface area contributed by atoms with E-state index >= 15 is 0 Å². The van der Waals surface area contributed by atoms with E-state index in [0.29, 0.717) is 22.4 Å². The first-order valence-electron chi connectivity index (χ1n) is 6.14. The van der Waals surface area contributed by atoms with E-state index in [4.69, 9.17) is 4.74 Å². The van der Waals surface area contributed by atoms with Crippen LogP contribution in [0.1, 0.15) is 32.2 Å². The fourth-order valence-electron chi connectivity index (χ4n) is 2.50. The summed E-state index contributed by atoms with van der Waals surface area (Å²) >= 11 is 3.41. The molecule has 0 atom stereocenters. The number of halogens is 1. The minimum absolute atomic E-state index is 0.153. The third-order valence-electron chi connectivity index (χ3n) is 3.50. The Morgan fingerprint density at radius 2 is 1.60 bits per heavy atom. The van der Waals surface area contributed by atoms with Crippen LogP contribution in [0.3, 0.4) is 0 Å². The lowest BCUT2D eigenvalue weighted by atomic mass is 9.94. The van der Waals surface area contributed by atoms with Gasteiger partial charge in [0.25, 0.3) is 0 Å². The van der Waals surface area contributed by atoms with Crippen LogP contribution in [0, 0.1) is 0 Å². The Hall–Kier alpha value is -1.94. The molecule has 2 aromatic rings. The van der Waals surface area contributed by atoms with Crippen molar-refractivity contribution in [2.24, 2.45) is 0 Å². The molecule has 0 amide bonds. The predicted molar refractivity (Wildman–Crippen MR) is 78.5 cm³/mol. The molecule has 0 unspecified atom stereocenters. The van der Waals surface area contributed by atoms with Gasteiger partial charge in [-0.1, -0.05) is 40.2 Å². The number of carbonyl (C=O) groups excluding carboxylic acids is 2. The van der Waals surface area contributed by atoms with Gasteiger partial charge >= 0.3 is 0 Å². The number of Topliss-reactive ketones (excluding diaryl/α,β-unsaturated/α-hetero) is 2. The van der Waals surface area contributed by atoms with Gasteiger partial charge in [-0.25, -0.2) is 0 Å². The number of benzene rings is 2. The van der Waals surface area contributed by atoms with Crippen molar-refractivity contribution in [2.45, 2.75) is 5.92 Å². The van der Waals surface area contributed by atoms with Crippen molar-refractivity contribution in [3.63, 3.8) is 0 Å². The van der Waals surface area contributed by atoms with Gasteiger partial charge in [-0.2, -0.15) is 0 Å². The van der Waals surface area contributed by atoms with Gasteiger partial charge in [-0.3, -0.25) is 9.59 Å². The lowest BCUT2D eigenvalue weighted by Crippen LogP contribution is -2.13. The number of carbonyl (C=O) groups is 2.